The van der Waals surface area contributed by atoms with Crippen LogP contribution in [0.1, 0.15) is 5.56 Å². The average molecular weight is 236 g/mol. The van der Waals surface area contributed by atoms with Crippen LogP contribution in [0.15, 0.2) is 23.0 Å². The third-order valence-corrected chi connectivity index (χ3v) is 2.29. The van der Waals surface area contributed by atoms with E-state index in [4.69, 9.17) is 17.5 Å². The van der Waals surface area contributed by atoms with Crippen molar-refractivity contribution < 1.29 is 4.39 Å². The van der Waals surface area contributed by atoms with Crippen molar-refractivity contribution >= 4 is 12.2 Å². The normalized spacial score (nSPS) is 10.0. The second-order valence-electron chi connectivity index (χ2n) is 2.97. The number of nitriles is 1. The molecule has 0 amide bonds. The van der Waals surface area contributed by atoms with Crippen LogP contribution in [0.4, 0.5) is 4.39 Å². The van der Waals surface area contributed by atoms with E-state index in [9.17, 15) is 9.18 Å². The number of benzene rings is 1. The molecule has 0 aliphatic carbocycles. The number of nitrogens with one attached hydrogen (secondary N) is 2. The van der Waals surface area contributed by atoms with E-state index in [1.165, 1.54) is 6.07 Å². The second-order valence-corrected chi connectivity index (χ2v) is 3.36. The molecule has 0 spiro atoms. The summed E-state index contributed by atoms with van der Waals surface area (Å²) in [6.45, 7) is 0. The Balaban J connectivity index is 2.81. The van der Waals surface area contributed by atoms with Gasteiger partial charge in [0.1, 0.15) is 11.9 Å². The fraction of sp³-hybridized carbons (Fsp3) is 0. The van der Waals surface area contributed by atoms with Gasteiger partial charge < -0.3 is 0 Å². The van der Waals surface area contributed by atoms with Gasteiger partial charge in [0, 0.05) is 0 Å². The molecule has 2 rings (SSSR count). The van der Waals surface area contributed by atoms with E-state index in [0.29, 0.717) is 0 Å². The molecule has 0 radical (unpaired) electrons. The molecule has 16 heavy (non-hydrogen) atoms. The molecule has 1 aromatic carbocycles. The first-order valence-electron chi connectivity index (χ1n) is 4.23. The van der Waals surface area contributed by atoms with Crippen LogP contribution in [0.3, 0.4) is 0 Å². The molecule has 1 heterocycles. The minimum absolute atomic E-state index is 0.0428. The summed E-state index contributed by atoms with van der Waals surface area (Å²) >= 11 is 4.87. The van der Waals surface area contributed by atoms with E-state index in [1.807, 2.05) is 0 Å². The van der Waals surface area contributed by atoms with Crippen LogP contribution in [-0.4, -0.2) is 14.8 Å². The number of hydrogen-bond acceptors (Lipinski definition) is 3. The van der Waals surface area contributed by atoms with Gasteiger partial charge in [0.2, 0.25) is 4.77 Å². The van der Waals surface area contributed by atoms with Crippen molar-refractivity contribution in [3.8, 4) is 11.8 Å². The summed E-state index contributed by atoms with van der Waals surface area (Å²) in [5.74, 6) is -0.543. The zero-order chi connectivity index (χ0) is 11.7. The molecule has 0 atom stereocenters. The van der Waals surface area contributed by atoms with Crippen LogP contribution in [0.5, 0.6) is 0 Å². The third-order valence-electron chi connectivity index (χ3n) is 2.00. The Bertz CT molecular complexity index is 663. The van der Waals surface area contributed by atoms with Gasteiger partial charge in [-0.3, -0.25) is 5.10 Å². The number of hydrogen-bond donors (Lipinski definition) is 2. The van der Waals surface area contributed by atoms with Crippen LogP contribution in [0, 0.1) is 21.9 Å². The van der Waals surface area contributed by atoms with Gasteiger partial charge in [-0.15, -0.1) is 0 Å². The minimum Gasteiger partial charge on any atom is -0.272 e. The minimum atomic E-state index is -0.543. The molecule has 0 unspecified atom stereocenters. The van der Waals surface area contributed by atoms with E-state index >= 15 is 0 Å². The van der Waals surface area contributed by atoms with Gasteiger partial charge in [-0.1, -0.05) is 0 Å². The molecule has 2 aromatic rings. The summed E-state index contributed by atoms with van der Waals surface area (Å²) < 4.78 is 14.1. The van der Waals surface area contributed by atoms with E-state index < -0.39 is 11.5 Å². The van der Waals surface area contributed by atoms with Crippen molar-refractivity contribution in [3.05, 3.63) is 44.8 Å². The first kappa shape index (κ1) is 10.3. The van der Waals surface area contributed by atoms with Gasteiger partial charge in [-0.25, -0.2) is 18.9 Å². The van der Waals surface area contributed by atoms with Crippen molar-refractivity contribution in [3.63, 3.8) is 0 Å². The number of halogens is 1. The van der Waals surface area contributed by atoms with Gasteiger partial charge in [0.15, 0.2) is 0 Å². The number of nitrogens with zero attached hydrogens (tertiary/aromatic N) is 2. The zero-order valence-corrected chi connectivity index (χ0v) is 8.64. The van der Waals surface area contributed by atoms with Crippen molar-refractivity contribution in [2.24, 2.45) is 0 Å². The first-order valence-corrected chi connectivity index (χ1v) is 4.64. The van der Waals surface area contributed by atoms with Gasteiger partial charge in [0.25, 0.3) is 0 Å². The standard InChI is InChI=1S/C9H5FN4OS/c10-6-1-2-7(5(3-6)4-11)14-8(15)12-13-9(14)16/h1-3H,(H,12,15)(H,13,16). The number of aromatic amines is 2. The summed E-state index contributed by atoms with van der Waals surface area (Å²) in [6, 6.07) is 5.33. The lowest BCUT2D eigenvalue weighted by Crippen LogP contribution is -2.16. The largest absolute Gasteiger partial charge is 0.347 e. The summed E-state index contributed by atoms with van der Waals surface area (Å²) in [7, 11) is 0. The molecular weight excluding hydrogens is 231 g/mol. The Kier molecular flexibility index (Phi) is 2.42. The lowest BCUT2D eigenvalue weighted by Gasteiger charge is -2.02. The quantitative estimate of drug-likeness (QED) is 0.731. The molecule has 0 saturated heterocycles. The van der Waals surface area contributed by atoms with Crippen LogP contribution in [-0.2, 0) is 0 Å². The van der Waals surface area contributed by atoms with Crippen molar-refractivity contribution in [2.45, 2.75) is 0 Å². The molecule has 7 heteroatoms. The lowest BCUT2D eigenvalue weighted by molar-refractivity contribution is 0.626. The van der Waals surface area contributed by atoms with E-state index in [-0.39, 0.29) is 16.0 Å². The predicted octanol–water partition coefficient (Wildman–Crippen LogP) is 1.23. The van der Waals surface area contributed by atoms with Crippen molar-refractivity contribution in [1.29, 1.82) is 5.26 Å². The summed E-state index contributed by atoms with van der Waals surface area (Å²) in [6.07, 6.45) is 0. The zero-order valence-electron chi connectivity index (χ0n) is 7.82. The molecule has 0 aliphatic heterocycles. The molecule has 1 aromatic heterocycles. The fourth-order valence-electron chi connectivity index (χ4n) is 1.32. The lowest BCUT2D eigenvalue weighted by atomic mass is 10.2. The predicted molar refractivity (Wildman–Crippen MR) is 56.2 cm³/mol. The number of aromatic nitrogens is 3. The summed E-state index contributed by atoms with van der Waals surface area (Å²) in [5.41, 5.74) is -0.217. The third kappa shape index (κ3) is 1.55. The molecule has 0 fully saturated rings. The monoisotopic (exact) mass is 236 g/mol. The Labute approximate surface area is 93.8 Å². The molecule has 80 valence electrons. The highest BCUT2D eigenvalue weighted by molar-refractivity contribution is 7.71. The SMILES string of the molecule is N#Cc1cc(F)ccc1-n1c(=O)[nH][nH]c1=S. The summed E-state index contributed by atoms with van der Waals surface area (Å²) in [5, 5.41) is 13.6. The van der Waals surface area contributed by atoms with Crippen LogP contribution in [0.2, 0.25) is 0 Å². The van der Waals surface area contributed by atoms with Gasteiger partial charge in [0.05, 0.1) is 11.3 Å². The second kappa shape index (κ2) is 3.75. The topological polar surface area (TPSA) is 77.4 Å². The molecule has 5 nitrogen and oxygen atoms in total. The smallest absolute Gasteiger partial charge is 0.272 e. The highest BCUT2D eigenvalue weighted by Crippen LogP contribution is 2.13. The van der Waals surface area contributed by atoms with Crippen molar-refractivity contribution in [1.82, 2.24) is 14.8 Å². The summed E-state index contributed by atoms with van der Waals surface area (Å²) in [4.78, 5) is 11.4. The molecule has 0 saturated carbocycles. The van der Waals surface area contributed by atoms with E-state index in [2.05, 4.69) is 10.2 Å². The van der Waals surface area contributed by atoms with Gasteiger partial charge in [-0.2, -0.15) is 5.26 Å². The van der Waals surface area contributed by atoms with E-state index in [1.54, 1.807) is 6.07 Å². The van der Waals surface area contributed by atoms with Crippen molar-refractivity contribution in [2.75, 3.05) is 0 Å². The van der Waals surface area contributed by atoms with Crippen LogP contribution < -0.4 is 5.69 Å². The number of H-pyrrole nitrogens is 2. The molecule has 0 bridgehead atoms. The Morgan fingerprint density at radius 2 is 2.19 bits per heavy atom. The highest BCUT2D eigenvalue weighted by Gasteiger charge is 2.09. The maximum absolute atomic E-state index is 12.9. The molecular formula is C9H5FN4OS. The van der Waals surface area contributed by atoms with Gasteiger partial charge in [-0.05, 0) is 30.4 Å². The maximum atomic E-state index is 12.9. The molecule has 0 aliphatic rings. The maximum Gasteiger partial charge on any atom is 0.347 e. The average Bonchev–Trinajstić information content (AvgIpc) is 2.59. The highest BCUT2D eigenvalue weighted by atomic mass is 32.1. The fourth-order valence-corrected chi connectivity index (χ4v) is 1.55. The number of rotatable bonds is 1. The van der Waals surface area contributed by atoms with Crippen LogP contribution in [0.25, 0.3) is 5.69 Å². The first-order chi connectivity index (χ1) is 7.63. The Hall–Kier alpha value is -2.20. The van der Waals surface area contributed by atoms with Gasteiger partial charge >= 0.3 is 5.69 Å². The van der Waals surface area contributed by atoms with E-state index in [0.717, 1.165) is 16.7 Å². The Morgan fingerprint density at radius 1 is 1.44 bits per heavy atom. The van der Waals surface area contributed by atoms with Crippen LogP contribution >= 0.6 is 12.2 Å². The Morgan fingerprint density at radius 3 is 2.75 bits per heavy atom. The molecule has 2 N–H and O–H groups in total.